The molecule has 0 unspecified atom stereocenters. The Bertz CT molecular complexity index is 270. The predicted molar refractivity (Wildman–Crippen MR) is 37.3 cm³/mol. The minimum atomic E-state index is 0.415. The number of nitrogens with zero attached hydrogens (tertiary/aromatic N) is 2. The largest absolute Gasteiger partial charge is 0.469 e. The first-order chi connectivity index (χ1) is 4.97. The van der Waals surface area contributed by atoms with Crippen molar-refractivity contribution in [3.05, 3.63) is 24.0 Å². The zero-order valence-electron chi connectivity index (χ0n) is 5.32. The Morgan fingerprint density at radius 3 is 3.40 bits per heavy atom. The van der Waals surface area contributed by atoms with Crippen molar-refractivity contribution in [2.24, 2.45) is 4.99 Å². The van der Waals surface area contributed by atoms with Crippen molar-refractivity contribution in [3.63, 3.8) is 0 Å². The van der Waals surface area contributed by atoms with E-state index >= 15 is 0 Å². The Kier molecular flexibility index (Phi) is 1.13. The third-order valence-electron chi connectivity index (χ3n) is 1.31. The van der Waals surface area contributed by atoms with E-state index in [1.54, 1.807) is 12.4 Å². The van der Waals surface area contributed by atoms with Crippen LogP contribution < -0.4 is 4.74 Å². The molecule has 0 amide bonds. The smallest absolute Gasteiger partial charge is 0.179 e. The maximum absolute atomic E-state index is 5.16. The van der Waals surface area contributed by atoms with Crippen LogP contribution in [0.15, 0.2) is 23.3 Å². The summed E-state index contributed by atoms with van der Waals surface area (Å²) in [4.78, 5) is 7.95. The molecule has 0 N–H and O–H groups in total. The van der Waals surface area contributed by atoms with Crippen LogP contribution in [0.4, 0.5) is 0 Å². The number of hydrogen-bond donors (Lipinski definition) is 0. The molecule has 2 heterocycles. The fourth-order valence-electron chi connectivity index (χ4n) is 0.852. The van der Waals surface area contributed by atoms with E-state index in [4.69, 9.17) is 4.74 Å². The zero-order chi connectivity index (χ0) is 6.81. The van der Waals surface area contributed by atoms with Crippen molar-refractivity contribution in [3.8, 4) is 5.75 Å². The second kappa shape index (κ2) is 2.10. The highest BCUT2D eigenvalue weighted by molar-refractivity contribution is 5.81. The highest BCUT2D eigenvalue weighted by Crippen LogP contribution is 2.15. The Hall–Kier alpha value is -1.38. The molecular weight excluding hydrogens is 128 g/mol. The summed E-state index contributed by atoms with van der Waals surface area (Å²) in [5.41, 5.74) is 0.814. The van der Waals surface area contributed by atoms with E-state index in [-0.39, 0.29) is 0 Å². The summed E-state index contributed by atoms with van der Waals surface area (Å²) < 4.78 is 5.16. The number of ether oxygens (including phenoxy) is 1. The normalized spacial score (nSPS) is 14.0. The molecule has 1 aliphatic heterocycles. The van der Waals surface area contributed by atoms with Crippen LogP contribution in [0.1, 0.15) is 5.69 Å². The molecule has 3 heteroatoms. The maximum Gasteiger partial charge on any atom is 0.179 e. The van der Waals surface area contributed by atoms with Gasteiger partial charge in [0.25, 0.3) is 0 Å². The summed E-state index contributed by atoms with van der Waals surface area (Å²) in [7, 11) is 0. The van der Waals surface area contributed by atoms with Gasteiger partial charge in [0.1, 0.15) is 11.4 Å². The number of rotatable bonds is 0. The third-order valence-corrected chi connectivity index (χ3v) is 1.31. The summed E-state index contributed by atoms with van der Waals surface area (Å²) in [6.07, 6.45) is 3.44. The number of fused-ring (bicyclic) bond motifs is 1. The molecule has 50 valence electrons. The fourth-order valence-corrected chi connectivity index (χ4v) is 0.852. The molecule has 0 radical (unpaired) electrons. The molecule has 0 spiro atoms. The number of aromatic nitrogens is 1. The molecule has 1 aliphatic rings. The van der Waals surface area contributed by atoms with E-state index < -0.39 is 0 Å². The standard InChI is InChI=1S/C7H6N2O/c1-2-7-6(9-3-1)4-8-5-10-7/h1-4H,5H2. The van der Waals surface area contributed by atoms with E-state index in [9.17, 15) is 0 Å². The zero-order valence-corrected chi connectivity index (χ0v) is 5.32. The lowest BCUT2D eigenvalue weighted by Gasteiger charge is -2.08. The van der Waals surface area contributed by atoms with Crippen molar-refractivity contribution in [1.29, 1.82) is 0 Å². The van der Waals surface area contributed by atoms with Crippen molar-refractivity contribution >= 4 is 6.21 Å². The minimum absolute atomic E-state index is 0.415. The molecule has 2 rings (SSSR count). The van der Waals surface area contributed by atoms with Crippen LogP contribution in [0.3, 0.4) is 0 Å². The van der Waals surface area contributed by atoms with Gasteiger partial charge in [-0.25, -0.2) is 0 Å². The van der Waals surface area contributed by atoms with E-state index in [1.807, 2.05) is 12.1 Å². The first kappa shape index (κ1) is 5.41. The summed E-state index contributed by atoms with van der Waals surface area (Å²) in [5, 5.41) is 0. The Balaban J connectivity index is 2.54. The second-order valence-electron chi connectivity index (χ2n) is 1.97. The van der Waals surface area contributed by atoms with Gasteiger partial charge in [0, 0.05) is 6.20 Å². The predicted octanol–water partition coefficient (Wildman–Crippen LogP) is 0.850. The topological polar surface area (TPSA) is 34.5 Å². The second-order valence-corrected chi connectivity index (χ2v) is 1.97. The van der Waals surface area contributed by atoms with Crippen molar-refractivity contribution < 1.29 is 4.74 Å². The molecule has 1 aromatic rings. The van der Waals surface area contributed by atoms with Crippen molar-refractivity contribution in [2.75, 3.05) is 6.73 Å². The van der Waals surface area contributed by atoms with E-state index in [2.05, 4.69) is 9.98 Å². The molecule has 0 aliphatic carbocycles. The molecule has 0 bridgehead atoms. The minimum Gasteiger partial charge on any atom is -0.469 e. The van der Waals surface area contributed by atoms with Gasteiger partial charge >= 0.3 is 0 Å². The van der Waals surface area contributed by atoms with Crippen LogP contribution >= 0.6 is 0 Å². The Labute approximate surface area is 58.4 Å². The lowest BCUT2D eigenvalue weighted by Crippen LogP contribution is -2.04. The highest BCUT2D eigenvalue weighted by atomic mass is 16.5. The number of aliphatic imine (C=N–C) groups is 1. The molecule has 0 atom stereocenters. The van der Waals surface area contributed by atoms with Crippen LogP contribution in [0, 0.1) is 0 Å². The monoisotopic (exact) mass is 134 g/mol. The average molecular weight is 134 g/mol. The van der Waals surface area contributed by atoms with Gasteiger partial charge in [0.05, 0.1) is 6.21 Å². The lowest BCUT2D eigenvalue weighted by atomic mass is 10.3. The van der Waals surface area contributed by atoms with Crippen LogP contribution in [0.5, 0.6) is 5.75 Å². The first-order valence-electron chi connectivity index (χ1n) is 3.04. The molecule has 0 fully saturated rings. The van der Waals surface area contributed by atoms with Gasteiger partial charge < -0.3 is 4.74 Å². The maximum atomic E-state index is 5.16. The Morgan fingerprint density at radius 1 is 1.50 bits per heavy atom. The van der Waals surface area contributed by atoms with Gasteiger partial charge in [-0.2, -0.15) is 0 Å². The molecular formula is C7H6N2O. The summed E-state index contributed by atoms with van der Waals surface area (Å²) in [5.74, 6) is 0.817. The van der Waals surface area contributed by atoms with Crippen molar-refractivity contribution in [2.45, 2.75) is 0 Å². The van der Waals surface area contributed by atoms with Gasteiger partial charge in [-0.15, -0.1) is 0 Å². The third kappa shape index (κ3) is 0.757. The molecule has 1 aromatic heterocycles. The van der Waals surface area contributed by atoms with Gasteiger partial charge in [-0.3, -0.25) is 9.98 Å². The quantitative estimate of drug-likeness (QED) is 0.527. The number of hydrogen-bond acceptors (Lipinski definition) is 3. The summed E-state index contributed by atoms with van der Waals surface area (Å²) >= 11 is 0. The summed E-state index contributed by atoms with van der Waals surface area (Å²) in [6.45, 7) is 0.415. The van der Waals surface area contributed by atoms with Gasteiger partial charge in [-0.05, 0) is 12.1 Å². The lowest BCUT2D eigenvalue weighted by molar-refractivity contribution is 0.324. The van der Waals surface area contributed by atoms with Crippen LogP contribution in [-0.4, -0.2) is 17.9 Å². The number of pyridine rings is 1. The van der Waals surface area contributed by atoms with Crippen molar-refractivity contribution in [1.82, 2.24) is 4.98 Å². The van der Waals surface area contributed by atoms with E-state index in [0.29, 0.717) is 6.73 Å². The van der Waals surface area contributed by atoms with E-state index in [0.717, 1.165) is 11.4 Å². The molecule has 0 saturated carbocycles. The van der Waals surface area contributed by atoms with Crippen LogP contribution in [-0.2, 0) is 0 Å². The molecule has 0 aromatic carbocycles. The van der Waals surface area contributed by atoms with Crippen LogP contribution in [0.2, 0.25) is 0 Å². The van der Waals surface area contributed by atoms with Gasteiger partial charge in [0.2, 0.25) is 0 Å². The SMILES string of the molecule is C1=NCOc2cccnc21. The average Bonchev–Trinajstić information content (AvgIpc) is 2.05. The van der Waals surface area contributed by atoms with Gasteiger partial charge in [0.15, 0.2) is 6.73 Å². The first-order valence-corrected chi connectivity index (χ1v) is 3.04. The fraction of sp³-hybridized carbons (Fsp3) is 0.143. The summed E-state index contributed by atoms with van der Waals surface area (Å²) in [6, 6.07) is 3.73. The highest BCUT2D eigenvalue weighted by Gasteiger charge is 2.03. The molecule has 10 heavy (non-hydrogen) atoms. The molecule has 0 saturated heterocycles. The van der Waals surface area contributed by atoms with Gasteiger partial charge in [-0.1, -0.05) is 0 Å². The Morgan fingerprint density at radius 2 is 2.50 bits per heavy atom. The van der Waals surface area contributed by atoms with E-state index in [1.165, 1.54) is 0 Å². The van der Waals surface area contributed by atoms with Crippen LogP contribution in [0.25, 0.3) is 0 Å². The molecule has 3 nitrogen and oxygen atoms in total.